The van der Waals surface area contributed by atoms with Gasteiger partial charge in [-0.1, -0.05) is 6.07 Å². The van der Waals surface area contributed by atoms with Crippen molar-refractivity contribution in [2.45, 2.75) is 18.9 Å². The van der Waals surface area contributed by atoms with Crippen molar-refractivity contribution in [3.63, 3.8) is 0 Å². The molecule has 1 aromatic heterocycles. The van der Waals surface area contributed by atoms with E-state index >= 15 is 0 Å². The number of anilines is 1. The molecule has 0 amide bonds. The molecule has 1 saturated heterocycles. The summed E-state index contributed by atoms with van der Waals surface area (Å²) in [6, 6.07) is 3.61. The fourth-order valence-corrected chi connectivity index (χ4v) is 1.95. The summed E-state index contributed by atoms with van der Waals surface area (Å²) in [5.41, 5.74) is 6.43. The van der Waals surface area contributed by atoms with Gasteiger partial charge in [-0.15, -0.1) is 0 Å². The SMILES string of the molecule is Nc1ncccc1C(O)C1CCCOC1. The molecular formula is C11H16N2O2. The third kappa shape index (κ3) is 2.27. The highest BCUT2D eigenvalue weighted by Gasteiger charge is 2.25. The van der Waals surface area contributed by atoms with Crippen LogP contribution in [0.1, 0.15) is 24.5 Å². The topological polar surface area (TPSA) is 68.4 Å². The van der Waals surface area contributed by atoms with Gasteiger partial charge in [-0.05, 0) is 18.9 Å². The maximum Gasteiger partial charge on any atom is 0.129 e. The van der Waals surface area contributed by atoms with Crippen LogP contribution in [-0.2, 0) is 4.74 Å². The van der Waals surface area contributed by atoms with E-state index in [-0.39, 0.29) is 5.92 Å². The van der Waals surface area contributed by atoms with Crippen molar-refractivity contribution in [2.24, 2.45) is 5.92 Å². The van der Waals surface area contributed by atoms with E-state index in [4.69, 9.17) is 10.5 Å². The van der Waals surface area contributed by atoms with Gasteiger partial charge in [0.05, 0.1) is 12.7 Å². The van der Waals surface area contributed by atoms with E-state index < -0.39 is 6.10 Å². The highest BCUT2D eigenvalue weighted by molar-refractivity contribution is 5.40. The maximum absolute atomic E-state index is 10.1. The van der Waals surface area contributed by atoms with Crippen molar-refractivity contribution in [3.05, 3.63) is 23.9 Å². The lowest BCUT2D eigenvalue weighted by Gasteiger charge is -2.27. The van der Waals surface area contributed by atoms with E-state index in [9.17, 15) is 5.11 Å². The van der Waals surface area contributed by atoms with Crippen molar-refractivity contribution in [2.75, 3.05) is 18.9 Å². The Balaban J connectivity index is 2.12. The van der Waals surface area contributed by atoms with Crippen LogP contribution in [0.3, 0.4) is 0 Å². The summed E-state index contributed by atoms with van der Waals surface area (Å²) in [5.74, 6) is 0.556. The zero-order chi connectivity index (χ0) is 10.7. The van der Waals surface area contributed by atoms with Gasteiger partial charge >= 0.3 is 0 Å². The molecule has 0 aliphatic carbocycles. The summed E-state index contributed by atoms with van der Waals surface area (Å²) in [7, 11) is 0. The molecule has 2 unspecified atom stereocenters. The number of nitrogen functional groups attached to an aromatic ring is 1. The van der Waals surface area contributed by atoms with Gasteiger partial charge in [0.15, 0.2) is 0 Å². The van der Waals surface area contributed by atoms with Gasteiger partial charge in [0.25, 0.3) is 0 Å². The van der Waals surface area contributed by atoms with Crippen LogP contribution >= 0.6 is 0 Å². The summed E-state index contributed by atoms with van der Waals surface area (Å²) >= 11 is 0. The van der Waals surface area contributed by atoms with Crippen molar-refractivity contribution in [3.8, 4) is 0 Å². The number of aliphatic hydroxyl groups excluding tert-OH is 1. The quantitative estimate of drug-likeness (QED) is 0.764. The molecule has 0 radical (unpaired) electrons. The van der Waals surface area contributed by atoms with Gasteiger partial charge < -0.3 is 15.6 Å². The standard InChI is InChI=1S/C11H16N2O2/c12-11-9(4-1-5-13-11)10(14)8-3-2-6-15-7-8/h1,4-5,8,10,14H,2-3,6-7H2,(H2,12,13). The molecule has 4 nitrogen and oxygen atoms in total. The number of rotatable bonds is 2. The predicted octanol–water partition coefficient (Wildman–Crippen LogP) is 1.12. The number of ether oxygens (including phenoxy) is 1. The largest absolute Gasteiger partial charge is 0.388 e. The Kier molecular flexibility index (Phi) is 3.18. The van der Waals surface area contributed by atoms with Crippen molar-refractivity contribution >= 4 is 5.82 Å². The zero-order valence-corrected chi connectivity index (χ0v) is 8.60. The van der Waals surface area contributed by atoms with E-state index in [2.05, 4.69) is 4.98 Å². The van der Waals surface area contributed by atoms with Crippen molar-refractivity contribution < 1.29 is 9.84 Å². The summed E-state index contributed by atoms with van der Waals surface area (Å²) in [5, 5.41) is 10.1. The highest BCUT2D eigenvalue weighted by Crippen LogP contribution is 2.30. The molecule has 1 aliphatic heterocycles. The molecule has 0 bridgehead atoms. The summed E-state index contributed by atoms with van der Waals surface area (Å²) in [4.78, 5) is 3.97. The Morgan fingerprint density at radius 1 is 1.60 bits per heavy atom. The van der Waals surface area contributed by atoms with Gasteiger partial charge in [0.1, 0.15) is 5.82 Å². The minimum atomic E-state index is -0.556. The first-order chi connectivity index (χ1) is 7.29. The van der Waals surface area contributed by atoms with E-state index in [1.54, 1.807) is 12.3 Å². The summed E-state index contributed by atoms with van der Waals surface area (Å²) in [6.07, 6.45) is 3.05. The third-order valence-corrected chi connectivity index (χ3v) is 2.83. The Labute approximate surface area is 89.1 Å². The third-order valence-electron chi connectivity index (χ3n) is 2.83. The second kappa shape index (κ2) is 4.59. The van der Waals surface area contributed by atoms with E-state index in [0.717, 1.165) is 19.4 Å². The van der Waals surface area contributed by atoms with Crippen LogP contribution in [0.5, 0.6) is 0 Å². The zero-order valence-electron chi connectivity index (χ0n) is 8.60. The Hall–Kier alpha value is -1.13. The van der Waals surface area contributed by atoms with Crippen LogP contribution in [0.25, 0.3) is 0 Å². The van der Waals surface area contributed by atoms with Gasteiger partial charge in [-0.2, -0.15) is 0 Å². The van der Waals surface area contributed by atoms with Crippen LogP contribution in [0.4, 0.5) is 5.82 Å². The molecule has 1 fully saturated rings. The fraction of sp³-hybridized carbons (Fsp3) is 0.545. The number of nitrogens with zero attached hydrogens (tertiary/aromatic N) is 1. The lowest BCUT2D eigenvalue weighted by molar-refractivity contribution is -0.00977. The molecule has 82 valence electrons. The smallest absolute Gasteiger partial charge is 0.129 e. The first-order valence-corrected chi connectivity index (χ1v) is 5.25. The lowest BCUT2D eigenvalue weighted by Crippen LogP contribution is -2.24. The minimum absolute atomic E-state index is 0.144. The molecular weight excluding hydrogens is 192 g/mol. The van der Waals surface area contributed by atoms with Gasteiger partial charge in [0.2, 0.25) is 0 Å². The lowest BCUT2D eigenvalue weighted by atomic mass is 9.91. The molecule has 3 N–H and O–H groups in total. The van der Waals surface area contributed by atoms with Crippen LogP contribution in [0.15, 0.2) is 18.3 Å². The average molecular weight is 208 g/mol. The molecule has 15 heavy (non-hydrogen) atoms. The van der Waals surface area contributed by atoms with Gasteiger partial charge in [-0.25, -0.2) is 4.98 Å². The Morgan fingerprint density at radius 3 is 3.13 bits per heavy atom. The van der Waals surface area contributed by atoms with Crippen LogP contribution in [0.2, 0.25) is 0 Å². The predicted molar refractivity (Wildman–Crippen MR) is 57.2 cm³/mol. The Morgan fingerprint density at radius 2 is 2.47 bits per heavy atom. The molecule has 2 heterocycles. The minimum Gasteiger partial charge on any atom is -0.388 e. The van der Waals surface area contributed by atoms with Crippen LogP contribution < -0.4 is 5.73 Å². The molecule has 4 heteroatoms. The van der Waals surface area contributed by atoms with Crippen molar-refractivity contribution in [1.29, 1.82) is 0 Å². The average Bonchev–Trinajstić information content (AvgIpc) is 2.30. The molecule has 2 atom stereocenters. The van der Waals surface area contributed by atoms with E-state index in [1.807, 2.05) is 6.07 Å². The van der Waals surface area contributed by atoms with E-state index in [0.29, 0.717) is 18.0 Å². The highest BCUT2D eigenvalue weighted by atomic mass is 16.5. The van der Waals surface area contributed by atoms with Crippen LogP contribution in [0, 0.1) is 5.92 Å². The number of hydrogen-bond acceptors (Lipinski definition) is 4. The second-order valence-electron chi connectivity index (χ2n) is 3.90. The number of hydrogen-bond donors (Lipinski definition) is 2. The summed E-state index contributed by atoms with van der Waals surface area (Å²) in [6.45, 7) is 1.40. The molecule has 1 aromatic rings. The fourth-order valence-electron chi connectivity index (χ4n) is 1.95. The molecule has 2 rings (SSSR count). The van der Waals surface area contributed by atoms with Gasteiger partial charge in [0, 0.05) is 24.3 Å². The van der Waals surface area contributed by atoms with E-state index in [1.165, 1.54) is 0 Å². The van der Waals surface area contributed by atoms with Crippen LogP contribution in [-0.4, -0.2) is 23.3 Å². The number of pyridine rings is 1. The molecule has 0 aromatic carbocycles. The number of aromatic nitrogens is 1. The van der Waals surface area contributed by atoms with Crippen molar-refractivity contribution in [1.82, 2.24) is 4.98 Å². The molecule has 0 saturated carbocycles. The normalized spacial score (nSPS) is 23.7. The number of nitrogens with two attached hydrogens (primary N) is 1. The Bertz CT molecular complexity index is 324. The number of aliphatic hydroxyl groups is 1. The summed E-state index contributed by atoms with van der Waals surface area (Å²) < 4.78 is 5.34. The van der Waals surface area contributed by atoms with Gasteiger partial charge in [-0.3, -0.25) is 0 Å². The monoisotopic (exact) mass is 208 g/mol. The molecule has 1 aliphatic rings. The molecule has 0 spiro atoms. The second-order valence-corrected chi connectivity index (χ2v) is 3.90. The first kappa shape index (κ1) is 10.4. The first-order valence-electron chi connectivity index (χ1n) is 5.25. The maximum atomic E-state index is 10.1.